The third kappa shape index (κ3) is 3.37. The summed E-state index contributed by atoms with van der Waals surface area (Å²) in [5, 5.41) is 3.65. The summed E-state index contributed by atoms with van der Waals surface area (Å²) in [7, 11) is 1.87. The van der Waals surface area contributed by atoms with Crippen molar-refractivity contribution in [2.45, 2.75) is 25.8 Å². The molecule has 0 saturated heterocycles. The standard InChI is InChI=1S/C15H17ClFNO/c1-3-12-6-7-15(19-12)14(18-2)8-10-4-5-11(17)9-13(10)16/h4-7,9,14,18H,3,8H2,1-2H3. The lowest BCUT2D eigenvalue weighted by Gasteiger charge is -2.14. The Balaban J connectivity index is 2.18. The van der Waals surface area contributed by atoms with Gasteiger partial charge in [-0.1, -0.05) is 24.6 Å². The van der Waals surface area contributed by atoms with Gasteiger partial charge in [-0.05, 0) is 43.3 Å². The maximum atomic E-state index is 13.0. The fourth-order valence-electron chi connectivity index (χ4n) is 2.02. The maximum Gasteiger partial charge on any atom is 0.124 e. The second-order valence-corrected chi connectivity index (χ2v) is 4.85. The quantitative estimate of drug-likeness (QED) is 0.891. The third-order valence-electron chi connectivity index (χ3n) is 3.16. The van der Waals surface area contributed by atoms with Gasteiger partial charge < -0.3 is 9.73 Å². The Hall–Kier alpha value is -1.32. The molecule has 1 aromatic carbocycles. The Morgan fingerprint density at radius 1 is 1.32 bits per heavy atom. The molecule has 0 amide bonds. The van der Waals surface area contributed by atoms with Crippen LogP contribution in [0, 0.1) is 5.82 Å². The Bertz CT molecular complexity index is 553. The summed E-state index contributed by atoms with van der Waals surface area (Å²) in [5.74, 6) is 1.52. The van der Waals surface area contributed by atoms with Gasteiger partial charge in [0.2, 0.25) is 0 Å². The molecule has 0 aliphatic carbocycles. The molecule has 0 saturated carbocycles. The smallest absolute Gasteiger partial charge is 0.124 e. The number of furan rings is 1. The van der Waals surface area contributed by atoms with Crippen LogP contribution in [0.4, 0.5) is 4.39 Å². The fraction of sp³-hybridized carbons (Fsp3) is 0.333. The molecule has 1 heterocycles. The molecule has 4 heteroatoms. The molecule has 2 rings (SSSR count). The molecule has 1 N–H and O–H groups in total. The monoisotopic (exact) mass is 281 g/mol. The molecule has 0 spiro atoms. The van der Waals surface area contributed by atoms with Crippen molar-refractivity contribution in [2.75, 3.05) is 7.05 Å². The van der Waals surface area contributed by atoms with Crippen LogP contribution >= 0.6 is 11.6 Å². The topological polar surface area (TPSA) is 25.2 Å². The summed E-state index contributed by atoms with van der Waals surface area (Å²) in [6, 6.07) is 8.45. The van der Waals surface area contributed by atoms with Crippen molar-refractivity contribution in [3.63, 3.8) is 0 Å². The van der Waals surface area contributed by atoms with Crippen LogP contribution in [0.2, 0.25) is 5.02 Å². The van der Waals surface area contributed by atoms with Crippen molar-refractivity contribution >= 4 is 11.6 Å². The van der Waals surface area contributed by atoms with Crippen molar-refractivity contribution in [3.05, 3.63) is 58.3 Å². The molecular formula is C15H17ClFNO. The van der Waals surface area contributed by atoms with E-state index < -0.39 is 0 Å². The van der Waals surface area contributed by atoms with E-state index in [9.17, 15) is 4.39 Å². The van der Waals surface area contributed by atoms with Gasteiger partial charge in [-0.2, -0.15) is 0 Å². The molecule has 19 heavy (non-hydrogen) atoms. The summed E-state index contributed by atoms with van der Waals surface area (Å²) in [5.41, 5.74) is 0.900. The van der Waals surface area contributed by atoms with Crippen LogP contribution < -0.4 is 5.32 Å². The van der Waals surface area contributed by atoms with E-state index in [4.69, 9.17) is 16.0 Å². The van der Waals surface area contributed by atoms with Crippen molar-refractivity contribution in [3.8, 4) is 0 Å². The first-order chi connectivity index (χ1) is 9.13. The summed E-state index contributed by atoms with van der Waals surface area (Å²) < 4.78 is 18.8. The zero-order valence-corrected chi connectivity index (χ0v) is 11.8. The highest BCUT2D eigenvalue weighted by Gasteiger charge is 2.16. The Morgan fingerprint density at radius 3 is 2.68 bits per heavy atom. The molecular weight excluding hydrogens is 265 g/mol. The van der Waals surface area contributed by atoms with Crippen molar-refractivity contribution in [1.82, 2.24) is 5.32 Å². The number of likely N-dealkylation sites (N-methyl/N-ethyl adjacent to an activating group) is 1. The number of rotatable bonds is 5. The van der Waals surface area contributed by atoms with E-state index in [0.29, 0.717) is 11.4 Å². The first-order valence-electron chi connectivity index (χ1n) is 6.33. The minimum absolute atomic E-state index is 0.0308. The van der Waals surface area contributed by atoms with Crippen molar-refractivity contribution in [1.29, 1.82) is 0 Å². The molecule has 0 fully saturated rings. The molecule has 0 aliphatic rings. The summed E-state index contributed by atoms with van der Waals surface area (Å²) in [4.78, 5) is 0. The molecule has 0 bridgehead atoms. The lowest BCUT2D eigenvalue weighted by atomic mass is 10.0. The van der Waals surface area contributed by atoms with Gasteiger partial charge in [-0.15, -0.1) is 0 Å². The van der Waals surface area contributed by atoms with Crippen LogP contribution in [-0.4, -0.2) is 7.05 Å². The Labute approximate surface area is 117 Å². The second kappa shape index (κ2) is 6.22. The highest BCUT2D eigenvalue weighted by atomic mass is 35.5. The Morgan fingerprint density at radius 2 is 2.11 bits per heavy atom. The average molecular weight is 282 g/mol. The van der Waals surface area contributed by atoms with E-state index in [1.807, 2.05) is 26.1 Å². The highest BCUT2D eigenvalue weighted by molar-refractivity contribution is 6.31. The molecule has 2 aromatic rings. The lowest BCUT2D eigenvalue weighted by Crippen LogP contribution is -2.18. The fourth-order valence-corrected chi connectivity index (χ4v) is 2.27. The molecule has 2 nitrogen and oxygen atoms in total. The zero-order chi connectivity index (χ0) is 13.8. The second-order valence-electron chi connectivity index (χ2n) is 4.44. The van der Waals surface area contributed by atoms with E-state index in [2.05, 4.69) is 5.32 Å². The number of hydrogen-bond acceptors (Lipinski definition) is 2. The predicted molar refractivity (Wildman–Crippen MR) is 75.0 cm³/mol. The van der Waals surface area contributed by atoms with Gasteiger partial charge in [0.25, 0.3) is 0 Å². The van der Waals surface area contributed by atoms with Gasteiger partial charge in [0.1, 0.15) is 17.3 Å². The largest absolute Gasteiger partial charge is 0.464 e. The number of aryl methyl sites for hydroxylation is 1. The number of nitrogens with one attached hydrogen (secondary N) is 1. The third-order valence-corrected chi connectivity index (χ3v) is 3.51. The van der Waals surface area contributed by atoms with Crippen molar-refractivity contribution < 1.29 is 8.81 Å². The molecule has 1 atom stereocenters. The number of halogens is 2. The van der Waals surface area contributed by atoms with Gasteiger partial charge in [0, 0.05) is 11.4 Å². The number of hydrogen-bond donors (Lipinski definition) is 1. The summed E-state index contributed by atoms with van der Waals surface area (Å²) in [6.45, 7) is 2.05. The average Bonchev–Trinajstić information content (AvgIpc) is 2.86. The molecule has 102 valence electrons. The van der Waals surface area contributed by atoms with Gasteiger partial charge >= 0.3 is 0 Å². The van der Waals surface area contributed by atoms with Gasteiger partial charge in [-0.25, -0.2) is 4.39 Å². The van der Waals surface area contributed by atoms with E-state index in [1.54, 1.807) is 6.07 Å². The van der Waals surface area contributed by atoms with E-state index in [0.717, 1.165) is 23.5 Å². The first kappa shape index (κ1) is 14.1. The minimum Gasteiger partial charge on any atom is -0.464 e. The van der Waals surface area contributed by atoms with E-state index in [1.165, 1.54) is 12.1 Å². The van der Waals surface area contributed by atoms with Gasteiger partial charge in [0.05, 0.1) is 6.04 Å². The molecule has 0 aliphatic heterocycles. The van der Waals surface area contributed by atoms with Crippen molar-refractivity contribution in [2.24, 2.45) is 0 Å². The van der Waals surface area contributed by atoms with Gasteiger partial charge in [-0.3, -0.25) is 0 Å². The zero-order valence-electron chi connectivity index (χ0n) is 11.0. The SMILES string of the molecule is CCc1ccc(C(Cc2ccc(F)cc2Cl)NC)o1. The van der Waals surface area contributed by atoms with Crippen LogP contribution in [0.5, 0.6) is 0 Å². The summed E-state index contributed by atoms with van der Waals surface area (Å²) >= 11 is 6.05. The van der Waals surface area contributed by atoms with E-state index in [-0.39, 0.29) is 11.9 Å². The molecule has 0 radical (unpaired) electrons. The first-order valence-corrected chi connectivity index (χ1v) is 6.71. The van der Waals surface area contributed by atoms with Crippen LogP contribution in [0.3, 0.4) is 0 Å². The van der Waals surface area contributed by atoms with Crippen LogP contribution in [0.1, 0.15) is 30.0 Å². The van der Waals surface area contributed by atoms with Crippen LogP contribution in [0.15, 0.2) is 34.7 Å². The molecule has 1 aromatic heterocycles. The van der Waals surface area contributed by atoms with E-state index >= 15 is 0 Å². The maximum absolute atomic E-state index is 13.0. The van der Waals surface area contributed by atoms with Crippen LogP contribution in [-0.2, 0) is 12.8 Å². The highest BCUT2D eigenvalue weighted by Crippen LogP contribution is 2.25. The lowest BCUT2D eigenvalue weighted by molar-refractivity contribution is 0.407. The normalized spacial score (nSPS) is 12.6. The van der Waals surface area contributed by atoms with Gasteiger partial charge in [0.15, 0.2) is 0 Å². The predicted octanol–water partition coefficient (Wildman–Crippen LogP) is 4.14. The molecule has 1 unspecified atom stereocenters. The minimum atomic E-state index is -0.318. The van der Waals surface area contributed by atoms with Crippen LogP contribution in [0.25, 0.3) is 0 Å². The number of benzene rings is 1. The summed E-state index contributed by atoms with van der Waals surface area (Å²) in [6.07, 6.45) is 1.53. The Kier molecular flexibility index (Phi) is 4.61.